The van der Waals surface area contributed by atoms with Crippen molar-refractivity contribution in [3.63, 3.8) is 0 Å². The summed E-state index contributed by atoms with van der Waals surface area (Å²) in [5.41, 5.74) is 6.17. The smallest absolute Gasteiger partial charge is 0.155 e. The Balaban J connectivity index is 1.21. The molecule has 1 saturated heterocycles. The number of aromatic nitrogens is 6. The van der Waals surface area contributed by atoms with Gasteiger partial charge in [-0.05, 0) is 87.6 Å². The zero-order chi connectivity index (χ0) is 30.0. The van der Waals surface area contributed by atoms with Crippen LogP contribution in [0.4, 0.5) is 4.39 Å². The average Bonchev–Trinajstić information content (AvgIpc) is 3.65. The van der Waals surface area contributed by atoms with Crippen LogP contribution in [0, 0.1) is 5.82 Å². The Morgan fingerprint density at radius 3 is 2.59 bits per heavy atom. The summed E-state index contributed by atoms with van der Waals surface area (Å²) in [6.45, 7) is 3.11. The van der Waals surface area contributed by atoms with Crippen LogP contribution in [0.25, 0.3) is 55.7 Å². The molecule has 44 heavy (non-hydrogen) atoms. The highest BCUT2D eigenvalue weighted by Crippen LogP contribution is 2.35. The van der Waals surface area contributed by atoms with Crippen molar-refractivity contribution < 1.29 is 13.9 Å². The van der Waals surface area contributed by atoms with E-state index in [0.29, 0.717) is 34.9 Å². The van der Waals surface area contributed by atoms with Crippen LogP contribution >= 0.6 is 0 Å². The number of ether oxygens (including phenoxy) is 2. The standard InChI is InChI=1S/C33H33FN8O2/c1-42(2)9-10-43-25-12-20(11-23(34)15-25)27-5-8-37-32-28(27)16-30(39-32)31-29-14-22(18-38-33(29)41-40-31)21-13-26(19-36-17-21)44-24-3-6-35-7-4-24/h5,8,11-19,24,35H,3-4,6-7,9-10H2,1-2H3,(H,37,39)(H,38,40,41). The molecule has 0 bridgehead atoms. The fourth-order valence-corrected chi connectivity index (χ4v) is 5.57. The van der Waals surface area contributed by atoms with Crippen molar-refractivity contribution in [2.45, 2.75) is 18.9 Å². The molecule has 1 aliphatic heterocycles. The number of rotatable bonds is 9. The van der Waals surface area contributed by atoms with Gasteiger partial charge in [0.1, 0.15) is 41.4 Å². The van der Waals surface area contributed by atoms with Crippen molar-refractivity contribution >= 4 is 22.1 Å². The number of fused-ring (bicyclic) bond motifs is 2. The number of halogens is 1. The van der Waals surface area contributed by atoms with Crippen LogP contribution < -0.4 is 14.8 Å². The van der Waals surface area contributed by atoms with Gasteiger partial charge in [-0.25, -0.2) is 14.4 Å². The van der Waals surface area contributed by atoms with Crippen LogP contribution in [0.1, 0.15) is 12.8 Å². The SMILES string of the molecule is CN(C)CCOc1cc(F)cc(-c2ccnc3[nH]c(-c4n[nH]c5ncc(-c6cncc(OC7CCNCC7)c6)cc45)cc23)c1. The van der Waals surface area contributed by atoms with Gasteiger partial charge in [0.15, 0.2) is 5.65 Å². The van der Waals surface area contributed by atoms with Gasteiger partial charge in [-0.3, -0.25) is 10.1 Å². The van der Waals surface area contributed by atoms with Crippen LogP contribution in [0.15, 0.2) is 67.3 Å². The summed E-state index contributed by atoms with van der Waals surface area (Å²) < 4.78 is 26.7. The molecule has 0 radical (unpaired) electrons. The summed E-state index contributed by atoms with van der Waals surface area (Å²) in [7, 11) is 3.94. The maximum Gasteiger partial charge on any atom is 0.155 e. The van der Waals surface area contributed by atoms with Gasteiger partial charge in [0.05, 0.1) is 11.9 Å². The number of nitrogens with one attached hydrogen (secondary N) is 3. The largest absolute Gasteiger partial charge is 0.492 e. The number of benzene rings is 1. The molecule has 0 atom stereocenters. The summed E-state index contributed by atoms with van der Waals surface area (Å²) in [4.78, 5) is 19.0. The zero-order valence-corrected chi connectivity index (χ0v) is 24.6. The van der Waals surface area contributed by atoms with E-state index in [0.717, 1.165) is 71.4 Å². The van der Waals surface area contributed by atoms with Gasteiger partial charge in [0.2, 0.25) is 0 Å². The lowest BCUT2D eigenvalue weighted by Gasteiger charge is -2.23. The molecular weight excluding hydrogens is 559 g/mol. The second-order valence-corrected chi connectivity index (χ2v) is 11.3. The van der Waals surface area contributed by atoms with Gasteiger partial charge >= 0.3 is 0 Å². The first-order valence-electron chi connectivity index (χ1n) is 14.7. The number of H-pyrrole nitrogens is 2. The predicted octanol–water partition coefficient (Wildman–Crippen LogP) is 5.44. The number of hydrogen-bond donors (Lipinski definition) is 3. The van der Waals surface area contributed by atoms with Crippen molar-refractivity contribution in [2.75, 3.05) is 40.3 Å². The molecule has 1 aromatic carbocycles. The average molecular weight is 593 g/mol. The molecule has 10 nitrogen and oxygen atoms in total. The minimum Gasteiger partial charge on any atom is -0.492 e. The van der Waals surface area contributed by atoms with Crippen molar-refractivity contribution in [2.24, 2.45) is 0 Å². The maximum absolute atomic E-state index is 14.7. The van der Waals surface area contributed by atoms with Crippen LogP contribution in [0.2, 0.25) is 0 Å². The minimum absolute atomic E-state index is 0.185. The van der Waals surface area contributed by atoms with Crippen molar-refractivity contribution in [3.8, 4) is 45.1 Å². The third kappa shape index (κ3) is 5.84. The Morgan fingerprint density at radius 2 is 1.73 bits per heavy atom. The number of pyridine rings is 3. The number of hydrogen-bond acceptors (Lipinski definition) is 8. The Hall–Kier alpha value is -4.87. The molecule has 6 aromatic rings. The summed E-state index contributed by atoms with van der Waals surface area (Å²) in [6, 6.07) is 12.7. The van der Waals surface area contributed by atoms with Crippen LogP contribution in [-0.2, 0) is 0 Å². The Bertz CT molecular complexity index is 1930. The first-order valence-corrected chi connectivity index (χ1v) is 14.7. The third-order valence-corrected chi connectivity index (χ3v) is 7.83. The highest BCUT2D eigenvalue weighted by atomic mass is 19.1. The second-order valence-electron chi connectivity index (χ2n) is 11.3. The first-order chi connectivity index (χ1) is 21.5. The van der Waals surface area contributed by atoms with Gasteiger partial charge in [-0.15, -0.1) is 0 Å². The maximum atomic E-state index is 14.7. The van der Waals surface area contributed by atoms with E-state index in [1.54, 1.807) is 12.4 Å². The molecule has 0 unspecified atom stereocenters. The van der Waals surface area contributed by atoms with E-state index in [-0.39, 0.29) is 11.9 Å². The number of piperidine rings is 1. The van der Waals surface area contributed by atoms with Crippen molar-refractivity contribution in [1.82, 2.24) is 40.3 Å². The van der Waals surface area contributed by atoms with Gasteiger partial charge < -0.3 is 24.7 Å². The van der Waals surface area contributed by atoms with E-state index < -0.39 is 0 Å². The predicted molar refractivity (Wildman–Crippen MR) is 168 cm³/mol. The molecule has 1 fully saturated rings. The summed E-state index contributed by atoms with van der Waals surface area (Å²) in [5, 5.41) is 12.7. The number of aromatic amines is 2. The highest BCUT2D eigenvalue weighted by Gasteiger charge is 2.18. The normalized spacial score (nSPS) is 14.1. The Labute approximate surface area is 253 Å². The van der Waals surface area contributed by atoms with E-state index in [2.05, 4.69) is 41.5 Å². The molecular formula is C33H33FN8O2. The van der Waals surface area contributed by atoms with E-state index in [4.69, 9.17) is 9.47 Å². The number of nitrogens with zero attached hydrogens (tertiary/aromatic N) is 5. The topological polar surface area (TPSA) is 117 Å². The lowest BCUT2D eigenvalue weighted by molar-refractivity contribution is 0.162. The lowest BCUT2D eigenvalue weighted by Crippen LogP contribution is -2.34. The molecule has 5 aromatic heterocycles. The van der Waals surface area contributed by atoms with E-state index >= 15 is 0 Å². The first kappa shape index (κ1) is 27.9. The molecule has 7 rings (SSSR count). The van der Waals surface area contributed by atoms with Crippen LogP contribution in [0.5, 0.6) is 11.5 Å². The van der Waals surface area contributed by atoms with E-state index in [1.165, 1.54) is 12.1 Å². The molecule has 224 valence electrons. The molecule has 0 spiro atoms. The van der Waals surface area contributed by atoms with Crippen LogP contribution in [0.3, 0.4) is 0 Å². The summed E-state index contributed by atoms with van der Waals surface area (Å²) in [6.07, 6.45) is 9.22. The molecule has 11 heteroatoms. The lowest BCUT2D eigenvalue weighted by atomic mass is 10.0. The summed E-state index contributed by atoms with van der Waals surface area (Å²) in [5.74, 6) is 0.874. The van der Waals surface area contributed by atoms with E-state index in [9.17, 15) is 4.39 Å². The quantitative estimate of drug-likeness (QED) is 0.203. The van der Waals surface area contributed by atoms with Gasteiger partial charge in [-0.2, -0.15) is 5.10 Å². The molecule has 0 aliphatic carbocycles. The summed E-state index contributed by atoms with van der Waals surface area (Å²) >= 11 is 0. The molecule has 0 amide bonds. The van der Waals surface area contributed by atoms with Crippen LogP contribution in [-0.4, -0.2) is 81.5 Å². The van der Waals surface area contributed by atoms with Gasteiger partial charge in [0.25, 0.3) is 0 Å². The molecule has 0 saturated carbocycles. The Kier molecular flexibility index (Phi) is 7.63. The second kappa shape index (κ2) is 12.0. The molecule has 1 aliphatic rings. The fourth-order valence-electron chi connectivity index (χ4n) is 5.57. The zero-order valence-electron chi connectivity index (χ0n) is 24.6. The highest BCUT2D eigenvalue weighted by molar-refractivity contribution is 5.99. The van der Waals surface area contributed by atoms with Crippen molar-refractivity contribution in [1.29, 1.82) is 0 Å². The molecule has 6 heterocycles. The molecule has 3 N–H and O–H groups in total. The monoisotopic (exact) mass is 592 g/mol. The number of likely N-dealkylation sites (N-methyl/N-ethyl adjacent to an activating group) is 1. The van der Waals surface area contributed by atoms with Gasteiger partial charge in [-0.1, -0.05) is 0 Å². The fraction of sp³-hybridized carbons (Fsp3) is 0.273. The minimum atomic E-state index is -0.361. The third-order valence-electron chi connectivity index (χ3n) is 7.83. The van der Waals surface area contributed by atoms with Crippen molar-refractivity contribution in [3.05, 3.63) is 73.1 Å². The van der Waals surface area contributed by atoms with E-state index in [1.807, 2.05) is 55.7 Å². The van der Waals surface area contributed by atoms with Gasteiger partial charge in [0, 0.05) is 53.1 Å². The Morgan fingerprint density at radius 1 is 0.886 bits per heavy atom.